The molecule has 3 nitrogen and oxygen atoms in total. The third-order valence-corrected chi connectivity index (χ3v) is 6.25. The molecule has 4 rings (SSSR count). The molecule has 0 atom stereocenters. The van der Waals surface area contributed by atoms with Crippen LogP contribution < -0.4 is 5.73 Å². The second kappa shape index (κ2) is 4.47. The Labute approximate surface area is 116 Å². The number of amides is 1. The van der Waals surface area contributed by atoms with Gasteiger partial charge in [0.15, 0.2) is 0 Å². The van der Waals surface area contributed by atoms with Gasteiger partial charge in [-0.15, -0.1) is 0 Å². The quantitative estimate of drug-likeness (QED) is 0.850. The van der Waals surface area contributed by atoms with Crippen molar-refractivity contribution in [3.8, 4) is 0 Å². The second-order valence-corrected chi connectivity index (χ2v) is 7.87. The molecule has 108 valence electrons. The minimum Gasteiger partial charge on any atom is -0.339 e. The Morgan fingerprint density at radius 3 is 2.00 bits per heavy atom. The van der Waals surface area contributed by atoms with E-state index in [2.05, 4.69) is 13.8 Å². The molecular weight excluding hydrogens is 236 g/mol. The highest BCUT2D eigenvalue weighted by atomic mass is 16.2. The van der Waals surface area contributed by atoms with Gasteiger partial charge in [-0.2, -0.15) is 0 Å². The van der Waals surface area contributed by atoms with Crippen LogP contribution in [0.4, 0.5) is 0 Å². The number of carbonyl (C=O) groups excluding carboxylic acids is 1. The van der Waals surface area contributed by atoms with Crippen molar-refractivity contribution < 1.29 is 4.79 Å². The topological polar surface area (TPSA) is 46.3 Å². The number of rotatable bonds is 3. The number of hydrogen-bond acceptors (Lipinski definition) is 2. The summed E-state index contributed by atoms with van der Waals surface area (Å²) >= 11 is 0. The average molecular weight is 264 g/mol. The Hall–Kier alpha value is -0.570. The predicted molar refractivity (Wildman–Crippen MR) is 76.4 cm³/mol. The van der Waals surface area contributed by atoms with Crippen molar-refractivity contribution in [3.05, 3.63) is 0 Å². The minimum atomic E-state index is -0.217. The SMILES string of the molecule is CN(C(=O)C1C2CC3CC(C2)CC1C3)C(C)(C)CN. The van der Waals surface area contributed by atoms with Gasteiger partial charge in [-0.25, -0.2) is 0 Å². The van der Waals surface area contributed by atoms with Crippen LogP contribution in [-0.4, -0.2) is 29.9 Å². The van der Waals surface area contributed by atoms with Gasteiger partial charge >= 0.3 is 0 Å². The summed E-state index contributed by atoms with van der Waals surface area (Å²) in [5.74, 6) is 3.85. The van der Waals surface area contributed by atoms with Crippen LogP contribution in [0.25, 0.3) is 0 Å². The fourth-order valence-corrected chi connectivity index (χ4v) is 4.99. The summed E-state index contributed by atoms with van der Waals surface area (Å²) in [7, 11) is 1.94. The van der Waals surface area contributed by atoms with E-state index in [-0.39, 0.29) is 5.54 Å². The zero-order valence-electron chi connectivity index (χ0n) is 12.6. The first-order chi connectivity index (χ1) is 8.92. The lowest BCUT2D eigenvalue weighted by Gasteiger charge is -2.55. The van der Waals surface area contributed by atoms with Gasteiger partial charge in [-0.05, 0) is 69.6 Å². The van der Waals surface area contributed by atoms with Crippen molar-refractivity contribution in [2.75, 3.05) is 13.6 Å². The monoisotopic (exact) mass is 264 g/mol. The van der Waals surface area contributed by atoms with Gasteiger partial charge in [0.05, 0.1) is 0 Å². The summed E-state index contributed by atoms with van der Waals surface area (Å²) in [6.45, 7) is 4.67. The molecule has 0 spiro atoms. The smallest absolute Gasteiger partial charge is 0.226 e. The normalized spacial score (nSPS) is 40.5. The van der Waals surface area contributed by atoms with E-state index in [9.17, 15) is 4.79 Å². The van der Waals surface area contributed by atoms with Crippen LogP contribution in [0.1, 0.15) is 46.0 Å². The Morgan fingerprint density at radius 1 is 1.11 bits per heavy atom. The standard InChI is InChI=1S/C16H28N2O/c1-16(2,9-17)18(3)15(19)14-12-5-10-4-11(7-12)8-13(14)6-10/h10-14H,4-9,17H2,1-3H3. The lowest BCUT2D eigenvalue weighted by Crippen LogP contribution is -2.57. The summed E-state index contributed by atoms with van der Waals surface area (Å²) < 4.78 is 0. The highest BCUT2D eigenvalue weighted by molar-refractivity contribution is 5.80. The molecule has 4 bridgehead atoms. The summed E-state index contributed by atoms with van der Waals surface area (Å²) in [6, 6.07) is 0. The van der Waals surface area contributed by atoms with Crippen molar-refractivity contribution in [3.63, 3.8) is 0 Å². The number of carbonyl (C=O) groups is 1. The van der Waals surface area contributed by atoms with E-state index in [4.69, 9.17) is 5.73 Å². The highest BCUT2D eigenvalue weighted by Crippen LogP contribution is 2.57. The maximum atomic E-state index is 12.9. The van der Waals surface area contributed by atoms with Crippen LogP contribution in [0.15, 0.2) is 0 Å². The lowest BCUT2D eigenvalue weighted by molar-refractivity contribution is -0.152. The van der Waals surface area contributed by atoms with Gasteiger partial charge in [0.1, 0.15) is 0 Å². The molecule has 19 heavy (non-hydrogen) atoms. The molecule has 0 saturated heterocycles. The summed E-state index contributed by atoms with van der Waals surface area (Å²) in [5, 5.41) is 0. The molecule has 4 aliphatic rings. The summed E-state index contributed by atoms with van der Waals surface area (Å²) in [6.07, 6.45) is 6.67. The fourth-order valence-electron chi connectivity index (χ4n) is 4.99. The van der Waals surface area contributed by atoms with Crippen molar-refractivity contribution in [1.29, 1.82) is 0 Å². The number of hydrogen-bond donors (Lipinski definition) is 1. The van der Waals surface area contributed by atoms with Gasteiger partial charge in [-0.3, -0.25) is 4.79 Å². The third-order valence-electron chi connectivity index (χ3n) is 6.25. The van der Waals surface area contributed by atoms with Gasteiger partial charge in [0, 0.05) is 25.0 Å². The van der Waals surface area contributed by atoms with E-state index in [0.717, 1.165) is 11.8 Å². The Morgan fingerprint density at radius 2 is 1.58 bits per heavy atom. The van der Waals surface area contributed by atoms with Crippen molar-refractivity contribution in [2.24, 2.45) is 35.3 Å². The summed E-state index contributed by atoms with van der Waals surface area (Å²) in [5.41, 5.74) is 5.61. The first-order valence-electron chi connectivity index (χ1n) is 7.90. The molecule has 3 heteroatoms. The average Bonchev–Trinajstić information content (AvgIpc) is 2.36. The Bertz CT molecular complexity index is 349. The molecule has 0 aromatic rings. The highest BCUT2D eigenvalue weighted by Gasteiger charge is 2.52. The van der Waals surface area contributed by atoms with Crippen LogP contribution in [-0.2, 0) is 4.79 Å². The maximum Gasteiger partial charge on any atom is 0.226 e. The second-order valence-electron chi connectivity index (χ2n) is 7.87. The molecule has 0 radical (unpaired) electrons. The summed E-state index contributed by atoms with van der Waals surface area (Å²) in [4.78, 5) is 14.8. The molecule has 0 unspecified atom stereocenters. The fraction of sp³-hybridized carbons (Fsp3) is 0.938. The molecule has 0 aliphatic heterocycles. The molecule has 4 aliphatic carbocycles. The first-order valence-corrected chi connectivity index (χ1v) is 7.90. The molecule has 4 fully saturated rings. The molecule has 2 N–H and O–H groups in total. The molecular formula is C16H28N2O. The lowest BCUT2D eigenvalue weighted by atomic mass is 9.51. The predicted octanol–water partition coefficient (Wildman–Crippen LogP) is 2.25. The van der Waals surface area contributed by atoms with Crippen LogP contribution in [0, 0.1) is 29.6 Å². The van der Waals surface area contributed by atoms with E-state index in [1.165, 1.54) is 32.1 Å². The van der Waals surface area contributed by atoms with E-state index in [1.807, 2.05) is 11.9 Å². The zero-order chi connectivity index (χ0) is 13.8. The van der Waals surface area contributed by atoms with Gasteiger partial charge in [0.2, 0.25) is 5.91 Å². The van der Waals surface area contributed by atoms with Crippen LogP contribution in [0.5, 0.6) is 0 Å². The molecule has 0 aromatic carbocycles. The first kappa shape index (κ1) is 13.4. The van der Waals surface area contributed by atoms with E-state index in [0.29, 0.717) is 30.2 Å². The molecule has 1 amide bonds. The molecule has 0 heterocycles. The van der Waals surface area contributed by atoms with Gasteiger partial charge in [-0.1, -0.05) is 0 Å². The van der Waals surface area contributed by atoms with E-state index >= 15 is 0 Å². The van der Waals surface area contributed by atoms with Gasteiger partial charge in [0.25, 0.3) is 0 Å². The van der Waals surface area contributed by atoms with Crippen LogP contribution in [0.2, 0.25) is 0 Å². The largest absolute Gasteiger partial charge is 0.339 e. The van der Waals surface area contributed by atoms with Crippen molar-refractivity contribution in [1.82, 2.24) is 4.90 Å². The molecule has 0 aromatic heterocycles. The Balaban J connectivity index is 1.77. The number of nitrogens with zero attached hydrogens (tertiary/aromatic N) is 1. The maximum absolute atomic E-state index is 12.9. The van der Waals surface area contributed by atoms with Crippen molar-refractivity contribution in [2.45, 2.75) is 51.5 Å². The third kappa shape index (κ3) is 2.10. The number of likely N-dealkylation sites (N-methyl/N-ethyl adjacent to an activating group) is 1. The minimum absolute atomic E-state index is 0.217. The van der Waals surface area contributed by atoms with Crippen LogP contribution in [0.3, 0.4) is 0 Å². The van der Waals surface area contributed by atoms with E-state index < -0.39 is 0 Å². The van der Waals surface area contributed by atoms with Crippen LogP contribution >= 0.6 is 0 Å². The van der Waals surface area contributed by atoms with E-state index in [1.54, 1.807) is 0 Å². The van der Waals surface area contributed by atoms with Gasteiger partial charge < -0.3 is 10.6 Å². The van der Waals surface area contributed by atoms with Crippen molar-refractivity contribution >= 4 is 5.91 Å². The molecule has 4 saturated carbocycles. The zero-order valence-corrected chi connectivity index (χ0v) is 12.6. The Kier molecular flexibility index (Phi) is 3.16. The number of nitrogens with two attached hydrogens (primary N) is 1.